The number of piperidine rings is 1. The third-order valence-electron chi connectivity index (χ3n) is 7.02. The summed E-state index contributed by atoms with van der Waals surface area (Å²) in [7, 11) is 0. The van der Waals surface area contributed by atoms with Gasteiger partial charge in [-0.15, -0.1) is 0 Å². The Kier molecular flexibility index (Phi) is 6.87. The van der Waals surface area contributed by atoms with Crippen LogP contribution in [0.2, 0.25) is 0 Å². The number of hydrogen-bond donors (Lipinski definition) is 3. The zero-order valence-corrected chi connectivity index (χ0v) is 17.8. The highest BCUT2D eigenvalue weighted by Crippen LogP contribution is 2.31. The van der Waals surface area contributed by atoms with Gasteiger partial charge in [-0.1, -0.05) is 30.3 Å². The first-order valence-electron chi connectivity index (χ1n) is 11.4. The maximum absolute atomic E-state index is 13.3. The van der Waals surface area contributed by atoms with Crippen molar-refractivity contribution in [2.24, 2.45) is 11.8 Å². The minimum atomic E-state index is -0.696. The van der Waals surface area contributed by atoms with E-state index in [-0.39, 0.29) is 17.7 Å². The van der Waals surface area contributed by atoms with E-state index in [9.17, 15) is 19.6 Å². The second-order valence-corrected chi connectivity index (χ2v) is 9.04. The summed E-state index contributed by atoms with van der Waals surface area (Å²) in [5, 5.41) is 12.5. The highest BCUT2D eigenvalue weighted by molar-refractivity contribution is 5.90. The molecule has 4 rings (SSSR count). The van der Waals surface area contributed by atoms with Crippen molar-refractivity contribution in [2.45, 2.75) is 44.1 Å². The monoisotopic (exact) mass is 428 g/mol. The van der Waals surface area contributed by atoms with Gasteiger partial charge in [-0.2, -0.15) is 0 Å². The van der Waals surface area contributed by atoms with Gasteiger partial charge in [0.15, 0.2) is 0 Å². The number of nitrogens with one attached hydrogen (secondary N) is 2. The molecule has 0 saturated carbocycles. The molecule has 0 bridgehead atoms. The van der Waals surface area contributed by atoms with Crippen LogP contribution in [0.5, 0.6) is 0 Å². The number of amides is 3. The maximum Gasteiger partial charge on any atom is 0.248 e. The predicted molar refractivity (Wildman–Crippen MR) is 114 cm³/mol. The Bertz CT molecular complexity index is 796. The van der Waals surface area contributed by atoms with Crippen molar-refractivity contribution in [2.75, 3.05) is 32.7 Å². The van der Waals surface area contributed by atoms with Gasteiger partial charge in [0.05, 0.1) is 12.0 Å². The number of nitrogens with zero attached hydrogens (tertiary/aromatic N) is 2. The summed E-state index contributed by atoms with van der Waals surface area (Å²) < 4.78 is 0. The van der Waals surface area contributed by atoms with E-state index in [4.69, 9.17) is 0 Å². The van der Waals surface area contributed by atoms with Gasteiger partial charge in [0.1, 0.15) is 0 Å². The van der Waals surface area contributed by atoms with Crippen LogP contribution in [-0.4, -0.2) is 71.5 Å². The number of hydroxylamine groups is 1. The fraction of sp³-hybridized carbons (Fsp3) is 0.609. The second-order valence-electron chi connectivity index (χ2n) is 9.04. The lowest BCUT2D eigenvalue weighted by molar-refractivity contribution is -0.144. The molecule has 0 unspecified atom stereocenters. The van der Waals surface area contributed by atoms with Crippen LogP contribution < -0.4 is 10.8 Å². The molecule has 3 fully saturated rings. The number of rotatable bonds is 5. The first-order chi connectivity index (χ1) is 15.1. The molecular weight excluding hydrogens is 396 g/mol. The van der Waals surface area contributed by atoms with E-state index >= 15 is 0 Å². The molecule has 4 atom stereocenters. The maximum atomic E-state index is 13.3. The molecule has 168 valence electrons. The molecule has 3 amide bonds. The molecule has 1 aromatic carbocycles. The summed E-state index contributed by atoms with van der Waals surface area (Å²) in [6.45, 7) is 3.41. The molecule has 3 heterocycles. The highest BCUT2D eigenvalue weighted by atomic mass is 16.5. The minimum absolute atomic E-state index is 0.0323. The van der Waals surface area contributed by atoms with E-state index in [0.29, 0.717) is 38.4 Å². The number of likely N-dealkylation sites (tertiary alicyclic amines) is 2. The van der Waals surface area contributed by atoms with E-state index in [0.717, 1.165) is 32.4 Å². The number of carbonyl (C=O) groups excluding carboxylic acids is 3. The van der Waals surface area contributed by atoms with Gasteiger partial charge >= 0.3 is 0 Å². The third-order valence-corrected chi connectivity index (χ3v) is 7.02. The fourth-order valence-electron chi connectivity index (χ4n) is 5.27. The Morgan fingerprint density at radius 3 is 2.52 bits per heavy atom. The Hall–Kier alpha value is -2.45. The average Bonchev–Trinajstić information content (AvgIpc) is 3.51. The quantitative estimate of drug-likeness (QED) is 0.482. The molecular formula is C23H32N4O4. The van der Waals surface area contributed by atoms with E-state index in [1.54, 1.807) is 5.48 Å². The van der Waals surface area contributed by atoms with Crippen LogP contribution in [0.25, 0.3) is 0 Å². The summed E-state index contributed by atoms with van der Waals surface area (Å²) in [6, 6.07) is 9.49. The number of carbonyl (C=O) groups is 3. The molecule has 1 aromatic rings. The first-order valence-corrected chi connectivity index (χ1v) is 11.4. The second kappa shape index (κ2) is 9.78. The largest absolute Gasteiger partial charge is 0.343 e. The summed E-state index contributed by atoms with van der Waals surface area (Å²) in [5.41, 5.74) is 2.95. The fourth-order valence-corrected chi connectivity index (χ4v) is 5.27. The lowest BCUT2D eigenvalue weighted by Gasteiger charge is -2.37. The van der Waals surface area contributed by atoms with Crippen LogP contribution in [0.1, 0.15) is 43.6 Å². The molecule has 3 aliphatic rings. The summed E-state index contributed by atoms with van der Waals surface area (Å²) >= 11 is 0. The average molecular weight is 429 g/mol. The van der Waals surface area contributed by atoms with Gasteiger partial charge < -0.3 is 15.1 Å². The van der Waals surface area contributed by atoms with Gasteiger partial charge in [0.2, 0.25) is 17.7 Å². The molecule has 0 aliphatic carbocycles. The third kappa shape index (κ3) is 4.91. The molecule has 31 heavy (non-hydrogen) atoms. The van der Waals surface area contributed by atoms with Crippen molar-refractivity contribution in [3.05, 3.63) is 35.9 Å². The lowest BCUT2D eigenvalue weighted by Crippen LogP contribution is -2.58. The van der Waals surface area contributed by atoms with Crippen molar-refractivity contribution < 1.29 is 19.6 Å². The van der Waals surface area contributed by atoms with Crippen molar-refractivity contribution in [3.63, 3.8) is 0 Å². The van der Waals surface area contributed by atoms with Crippen LogP contribution in [0.4, 0.5) is 0 Å². The molecule has 3 N–H and O–H groups in total. The van der Waals surface area contributed by atoms with Crippen LogP contribution in [0.3, 0.4) is 0 Å². The Balaban J connectivity index is 1.38. The van der Waals surface area contributed by atoms with Crippen molar-refractivity contribution >= 4 is 17.7 Å². The first kappa shape index (κ1) is 21.8. The van der Waals surface area contributed by atoms with Gasteiger partial charge in [-0.05, 0) is 43.7 Å². The van der Waals surface area contributed by atoms with Crippen LogP contribution in [0.15, 0.2) is 30.3 Å². The summed E-state index contributed by atoms with van der Waals surface area (Å²) in [5.74, 6) is -0.986. The molecule has 0 radical (unpaired) electrons. The molecule has 3 aliphatic heterocycles. The predicted octanol–water partition coefficient (Wildman–Crippen LogP) is 1.11. The smallest absolute Gasteiger partial charge is 0.248 e. The van der Waals surface area contributed by atoms with E-state index in [1.165, 1.54) is 5.56 Å². The van der Waals surface area contributed by atoms with E-state index in [2.05, 4.69) is 17.4 Å². The Morgan fingerprint density at radius 1 is 1.06 bits per heavy atom. The molecule has 0 aromatic heterocycles. The van der Waals surface area contributed by atoms with Crippen molar-refractivity contribution in [3.8, 4) is 0 Å². The van der Waals surface area contributed by atoms with Crippen LogP contribution in [0, 0.1) is 11.8 Å². The Labute approximate surface area is 182 Å². The van der Waals surface area contributed by atoms with Gasteiger partial charge in [0, 0.05) is 38.5 Å². The Morgan fingerprint density at radius 2 is 1.81 bits per heavy atom. The molecule has 8 nitrogen and oxygen atoms in total. The molecule has 8 heteroatoms. The highest BCUT2D eigenvalue weighted by Gasteiger charge is 2.43. The minimum Gasteiger partial charge on any atom is -0.343 e. The topological polar surface area (TPSA) is 102 Å². The summed E-state index contributed by atoms with van der Waals surface area (Å²) in [6.07, 6.45) is 3.75. The van der Waals surface area contributed by atoms with Crippen molar-refractivity contribution in [1.29, 1.82) is 0 Å². The molecule has 0 spiro atoms. The van der Waals surface area contributed by atoms with E-state index in [1.807, 2.05) is 28.0 Å². The summed E-state index contributed by atoms with van der Waals surface area (Å²) in [4.78, 5) is 41.9. The van der Waals surface area contributed by atoms with Gasteiger partial charge in [-0.3, -0.25) is 19.6 Å². The van der Waals surface area contributed by atoms with Crippen LogP contribution in [-0.2, 0) is 14.4 Å². The normalized spacial score (nSPS) is 28.5. The van der Waals surface area contributed by atoms with Crippen LogP contribution >= 0.6 is 0 Å². The molecule has 3 saturated heterocycles. The lowest BCUT2D eigenvalue weighted by atomic mass is 9.81. The SMILES string of the molecule is O=C(NO)[C@H]1C[C@@H](CC(=O)N2CCCC2)CN[C@@H]1C(=O)N1CC[C@H](c2ccccc2)C1. The van der Waals surface area contributed by atoms with Gasteiger partial charge in [0.25, 0.3) is 0 Å². The zero-order chi connectivity index (χ0) is 21.8. The zero-order valence-electron chi connectivity index (χ0n) is 17.8. The van der Waals surface area contributed by atoms with Gasteiger partial charge in [-0.25, -0.2) is 5.48 Å². The standard InChI is InChI=1S/C23H32N4O4/c28-20(26-9-4-5-10-26)13-16-12-19(22(29)25-31)21(24-14-16)23(30)27-11-8-18(15-27)17-6-2-1-3-7-17/h1-3,6-7,16,18-19,21,24,31H,4-5,8-15H2,(H,25,29)/t16-,18-,19-,21-/m0/s1. The number of benzene rings is 1. The van der Waals surface area contributed by atoms with E-state index < -0.39 is 17.9 Å². The number of hydrogen-bond acceptors (Lipinski definition) is 5. The van der Waals surface area contributed by atoms with Crippen molar-refractivity contribution in [1.82, 2.24) is 20.6 Å².